The van der Waals surface area contributed by atoms with Crippen LogP contribution in [-0.4, -0.2) is 33.4 Å². The molecule has 84 valence electrons. The largest absolute Gasteiger partial charge is 0.462 e. The van der Waals surface area contributed by atoms with Gasteiger partial charge >= 0.3 is 5.97 Å². The highest BCUT2D eigenvalue weighted by Crippen LogP contribution is 1.91. The van der Waals surface area contributed by atoms with E-state index in [-0.39, 0.29) is 18.6 Å². The van der Waals surface area contributed by atoms with Gasteiger partial charge in [0.1, 0.15) is 12.2 Å². The summed E-state index contributed by atoms with van der Waals surface area (Å²) in [6.07, 6.45) is 1.54. The Morgan fingerprint density at radius 3 is 2.93 bits per heavy atom. The molecule has 1 rings (SSSR count). The Labute approximate surface area is 88.6 Å². The summed E-state index contributed by atoms with van der Waals surface area (Å²) in [5, 5.41) is 10.5. The molecular weight excluding hydrogens is 196 g/mol. The summed E-state index contributed by atoms with van der Waals surface area (Å²) in [5.41, 5.74) is 0. The minimum atomic E-state index is -0.257. The topological polar surface area (TPSA) is 69.0 Å². The van der Waals surface area contributed by atoms with E-state index in [1.165, 1.54) is 0 Å². The van der Waals surface area contributed by atoms with Crippen molar-refractivity contribution >= 4 is 5.97 Å². The van der Waals surface area contributed by atoms with Gasteiger partial charge in [0.25, 0.3) is 0 Å². The van der Waals surface area contributed by atoms with Crippen LogP contribution in [0.2, 0.25) is 0 Å². The first-order chi connectivity index (χ1) is 7.09. The fraction of sp³-hybridized carbons (Fsp3) is 0.667. The van der Waals surface area contributed by atoms with Gasteiger partial charge in [-0.2, -0.15) is 0 Å². The van der Waals surface area contributed by atoms with Crippen molar-refractivity contribution in [2.24, 2.45) is 7.05 Å². The molecule has 0 saturated carbocycles. The molecule has 0 radical (unpaired) electrons. The number of ether oxygens (including phenoxy) is 1. The Bertz CT molecular complexity index is 322. The Morgan fingerprint density at radius 1 is 1.67 bits per heavy atom. The van der Waals surface area contributed by atoms with Gasteiger partial charge in [-0.1, -0.05) is 0 Å². The zero-order valence-electron chi connectivity index (χ0n) is 9.23. The molecule has 0 aliphatic carbocycles. The number of hydrogen-bond donors (Lipinski definition) is 1. The van der Waals surface area contributed by atoms with Crippen molar-refractivity contribution in [1.29, 1.82) is 0 Å². The molecular formula is C9H16N4O2. The average Bonchev–Trinajstić information content (AvgIpc) is 2.50. The number of nitrogens with one attached hydrogen (secondary N) is 1. The number of aryl methyl sites for hydroxylation is 1. The summed E-state index contributed by atoms with van der Waals surface area (Å²) in [6, 6.07) is 0. The standard InChI is InChI=1S/C9H16N4O2/c1-7(2)15-9(14)5-10-4-8-12-11-6-13(8)3/h6-7,10H,4-5H2,1-3H3. The van der Waals surface area contributed by atoms with Crippen LogP contribution in [0.1, 0.15) is 19.7 Å². The fourth-order valence-electron chi connectivity index (χ4n) is 1.05. The van der Waals surface area contributed by atoms with Crippen molar-refractivity contribution in [3.63, 3.8) is 0 Å². The van der Waals surface area contributed by atoms with Crippen LogP contribution >= 0.6 is 0 Å². The maximum absolute atomic E-state index is 11.1. The van der Waals surface area contributed by atoms with Gasteiger partial charge in [-0.15, -0.1) is 10.2 Å². The zero-order chi connectivity index (χ0) is 11.3. The number of nitrogens with zero attached hydrogens (tertiary/aromatic N) is 3. The molecule has 0 spiro atoms. The summed E-state index contributed by atoms with van der Waals surface area (Å²) in [7, 11) is 1.85. The van der Waals surface area contributed by atoms with Crippen LogP contribution in [0.15, 0.2) is 6.33 Å². The highest BCUT2D eigenvalue weighted by molar-refractivity contribution is 5.71. The summed E-state index contributed by atoms with van der Waals surface area (Å²) < 4.78 is 6.75. The monoisotopic (exact) mass is 212 g/mol. The molecule has 0 fully saturated rings. The van der Waals surface area contributed by atoms with Gasteiger partial charge in [0.15, 0.2) is 0 Å². The maximum atomic E-state index is 11.1. The van der Waals surface area contributed by atoms with Crippen molar-refractivity contribution in [2.45, 2.75) is 26.5 Å². The highest BCUT2D eigenvalue weighted by Gasteiger charge is 2.05. The third-order valence-corrected chi connectivity index (χ3v) is 1.72. The lowest BCUT2D eigenvalue weighted by molar-refractivity contribution is -0.146. The van der Waals surface area contributed by atoms with Gasteiger partial charge in [0.2, 0.25) is 0 Å². The molecule has 1 N–H and O–H groups in total. The Morgan fingerprint density at radius 2 is 2.40 bits per heavy atom. The second-order valence-electron chi connectivity index (χ2n) is 3.50. The molecule has 1 aromatic heterocycles. The van der Waals surface area contributed by atoms with E-state index >= 15 is 0 Å². The van der Waals surface area contributed by atoms with Gasteiger partial charge in [-0.3, -0.25) is 10.1 Å². The molecule has 0 aromatic carbocycles. The van der Waals surface area contributed by atoms with Crippen LogP contribution in [0.3, 0.4) is 0 Å². The van der Waals surface area contributed by atoms with Crippen LogP contribution in [0, 0.1) is 0 Å². The first-order valence-corrected chi connectivity index (χ1v) is 4.82. The van der Waals surface area contributed by atoms with E-state index in [9.17, 15) is 4.79 Å². The number of carbonyl (C=O) groups excluding carboxylic acids is 1. The molecule has 0 saturated heterocycles. The van der Waals surface area contributed by atoms with Crippen molar-refractivity contribution < 1.29 is 9.53 Å². The second kappa shape index (κ2) is 5.45. The Hall–Kier alpha value is -1.43. The van der Waals surface area contributed by atoms with Crippen LogP contribution in [0.5, 0.6) is 0 Å². The Balaban J connectivity index is 2.22. The van der Waals surface area contributed by atoms with Gasteiger partial charge < -0.3 is 9.30 Å². The summed E-state index contributed by atoms with van der Waals surface area (Å²) in [4.78, 5) is 11.1. The molecule has 1 aromatic rings. The zero-order valence-corrected chi connectivity index (χ0v) is 9.23. The number of hydrogen-bond acceptors (Lipinski definition) is 5. The minimum absolute atomic E-state index is 0.0749. The lowest BCUT2D eigenvalue weighted by Gasteiger charge is -2.08. The van der Waals surface area contributed by atoms with E-state index in [0.717, 1.165) is 5.82 Å². The molecule has 0 amide bonds. The van der Waals surface area contributed by atoms with Crippen LogP contribution in [-0.2, 0) is 23.1 Å². The van der Waals surface area contributed by atoms with E-state index in [1.807, 2.05) is 20.9 Å². The molecule has 0 aliphatic rings. The Kier molecular flexibility index (Phi) is 4.23. The van der Waals surface area contributed by atoms with Gasteiger partial charge in [0, 0.05) is 7.05 Å². The lowest BCUT2D eigenvalue weighted by Crippen LogP contribution is -2.27. The molecule has 1 heterocycles. The highest BCUT2D eigenvalue weighted by atomic mass is 16.5. The van der Waals surface area contributed by atoms with Crippen molar-refractivity contribution in [3.8, 4) is 0 Å². The van der Waals surface area contributed by atoms with Crippen molar-refractivity contribution in [3.05, 3.63) is 12.2 Å². The van der Waals surface area contributed by atoms with Crippen molar-refractivity contribution in [1.82, 2.24) is 20.1 Å². The van der Waals surface area contributed by atoms with E-state index in [4.69, 9.17) is 4.74 Å². The summed E-state index contributed by atoms with van der Waals surface area (Å²) >= 11 is 0. The van der Waals surface area contributed by atoms with E-state index in [0.29, 0.717) is 6.54 Å². The van der Waals surface area contributed by atoms with Gasteiger partial charge in [-0.25, -0.2) is 0 Å². The van der Waals surface area contributed by atoms with E-state index in [2.05, 4.69) is 15.5 Å². The molecule has 0 atom stereocenters. The normalized spacial score (nSPS) is 10.7. The van der Waals surface area contributed by atoms with E-state index in [1.54, 1.807) is 10.9 Å². The van der Waals surface area contributed by atoms with Crippen molar-refractivity contribution in [2.75, 3.05) is 6.54 Å². The first-order valence-electron chi connectivity index (χ1n) is 4.82. The van der Waals surface area contributed by atoms with E-state index < -0.39 is 0 Å². The van der Waals surface area contributed by atoms with Gasteiger partial charge in [-0.05, 0) is 13.8 Å². The maximum Gasteiger partial charge on any atom is 0.320 e. The summed E-state index contributed by atoms with van der Waals surface area (Å²) in [6.45, 7) is 4.33. The summed E-state index contributed by atoms with van der Waals surface area (Å²) in [5.74, 6) is 0.527. The first kappa shape index (κ1) is 11.6. The third-order valence-electron chi connectivity index (χ3n) is 1.72. The molecule has 0 unspecified atom stereocenters. The molecule has 15 heavy (non-hydrogen) atoms. The quantitative estimate of drug-likeness (QED) is 0.688. The fourth-order valence-corrected chi connectivity index (χ4v) is 1.05. The number of carbonyl (C=O) groups is 1. The molecule has 0 aliphatic heterocycles. The predicted octanol–water partition coefficient (Wildman–Crippen LogP) is -0.144. The average molecular weight is 212 g/mol. The SMILES string of the molecule is CC(C)OC(=O)CNCc1nncn1C. The van der Waals surface area contributed by atoms with Crippen LogP contribution < -0.4 is 5.32 Å². The number of esters is 1. The number of aromatic nitrogens is 3. The molecule has 6 nitrogen and oxygen atoms in total. The third kappa shape index (κ3) is 4.07. The molecule has 0 bridgehead atoms. The predicted molar refractivity (Wildman–Crippen MR) is 53.9 cm³/mol. The molecule has 6 heteroatoms. The van der Waals surface area contributed by atoms with Gasteiger partial charge in [0.05, 0.1) is 19.2 Å². The smallest absolute Gasteiger partial charge is 0.320 e. The lowest BCUT2D eigenvalue weighted by atomic mass is 10.5. The second-order valence-corrected chi connectivity index (χ2v) is 3.50. The number of rotatable bonds is 5. The van der Waals surface area contributed by atoms with Crippen LogP contribution in [0.25, 0.3) is 0 Å². The minimum Gasteiger partial charge on any atom is -0.462 e. The van der Waals surface area contributed by atoms with Crippen LogP contribution in [0.4, 0.5) is 0 Å².